The molecule has 8 nitrogen and oxygen atoms in total. The summed E-state index contributed by atoms with van der Waals surface area (Å²) in [6, 6.07) is 1.26. The van der Waals surface area contributed by atoms with Gasteiger partial charge in [-0.1, -0.05) is 11.6 Å². The highest BCUT2D eigenvalue weighted by atomic mass is 35.5. The van der Waals surface area contributed by atoms with Crippen molar-refractivity contribution in [2.24, 2.45) is 0 Å². The van der Waals surface area contributed by atoms with Crippen LogP contribution in [0.2, 0.25) is 5.15 Å². The van der Waals surface area contributed by atoms with Crippen molar-refractivity contribution in [2.75, 3.05) is 26.3 Å². The van der Waals surface area contributed by atoms with E-state index in [1.165, 1.54) is 17.2 Å². The Morgan fingerprint density at radius 1 is 1.70 bits per heavy atom. The van der Waals surface area contributed by atoms with Gasteiger partial charge < -0.3 is 14.7 Å². The van der Waals surface area contributed by atoms with E-state index in [1.807, 2.05) is 0 Å². The number of carbonyl (C=O) groups excluding carboxylic acids is 1. The minimum Gasteiger partial charge on any atom is -0.394 e. The number of carbonyl (C=O) groups is 1. The molecule has 1 N–H and O–H groups in total. The zero-order chi connectivity index (χ0) is 14.7. The maximum Gasteiger partial charge on any atom is 0.319 e. The summed E-state index contributed by atoms with van der Waals surface area (Å²) in [7, 11) is 0. The van der Waals surface area contributed by atoms with Gasteiger partial charge >= 0.3 is 5.69 Å². The first kappa shape index (κ1) is 14.6. The second-order valence-corrected chi connectivity index (χ2v) is 4.54. The lowest BCUT2D eigenvalue weighted by molar-refractivity contribution is -0.385. The number of pyridine rings is 1. The molecule has 0 spiro atoms. The molecule has 0 aromatic carbocycles. The van der Waals surface area contributed by atoms with Crippen molar-refractivity contribution in [2.45, 2.75) is 6.10 Å². The Balaban J connectivity index is 2.29. The second-order valence-electron chi connectivity index (χ2n) is 4.18. The summed E-state index contributed by atoms with van der Waals surface area (Å²) in [6.07, 6.45) is 0.760. The molecule has 2 heterocycles. The van der Waals surface area contributed by atoms with Crippen LogP contribution in [0.15, 0.2) is 12.3 Å². The Kier molecular flexibility index (Phi) is 4.48. The molecule has 1 aromatic heterocycles. The number of ether oxygens (including phenoxy) is 1. The van der Waals surface area contributed by atoms with Crippen molar-refractivity contribution in [3.63, 3.8) is 0 Å². The fourth-order valence-electron chi connectivity index (χ4n) is 1.96. The number of nitrogens with zero attached hydrogens (tertiary/aromatic N) is 3. The molecule has 1 aliphatic rings. The number of aliphatic hydroxyl groups excluding tert-OH is 1. The zero-order valence-corrected chi connectivity index (χ0v) is 11.1. The Bertz CT molecular complexity index is 539. The van der Waals surface area contributed by atoms with Crippen molar-refractivity contribution < 1.29 is 19.6 Å². The first-order chi connectivity index (χ1) is 9.54. The van der Waals surface area contributed by atoms with Gasteiger partial charge in [-0.2, -0.15) is 0 Å². The molecule has 0 radical (unpaired) electrons. The van der Waals surface area contributed by atoms with Crippen LogP contribution < -0.4 is 0 Å². The Labute approximate surface area is 119 Å². The Hall–Kier alpha value is -1.77. The predicted molar refractivity (Wildman–Crippen MR) is 68.6 cm³/mol. The third-order valence-corrected chi connectivity index (χ3v) is 3.20. The molecular formula is C11H12ClN3O5. The van der Waals surface area contributed by atoms with Crippen LogP contribution >= 0.6 is 11.6 Å². The van der Waals surface area contributed by atoms with Gasteiger partial charge in [-0.15, -0.1) is 0 Å². The van der Waals surface area contributed by atoms with Crippen molar-refractivity contribution in [3.8, 4) is 0 Å². The Morgan fingerprint density at radius 2 is 2.45 bits per heavy atom. The number of rotatable bonds is 3. The lowest BCUT2D eigenvalue weighted by atomic mass is 10.1. The molecule has 1 aromatic rings. The minimum atomic E-state index is -0.730. The number of halogens is 1. The quantitative estimate of drug-likeness (QED) is 0.494. The van der Waals surface area contributed by atoms with Crippen LogP contribution in [0.25, 0.3) is 0 Å². The maximum absolute atomic E-state index is 12.3. The van der Waals surface area contributed by atoms with Crippen molar-refractivity contribution in [1.82, 2.24) is 9.88 Å². The van der Waals surface area contributed by atoms with Gasteiger partial charge in [-0.25, -0.2) is 4.98 Å². The monoisotopic (exact) mass is 301 g/mol. The van der Waals surface area contributed by atoms with Crippen LogP contribution in [0, 0.1) is 10.1 Å². The lowest BCUT2D eigenvalue weighted by Gasteiger charge is -2.31. The smallest absolute Gasteiger partial charge is 0.319 e. The number of aromatic nitrogens is 1. The first-order valence-electron chi connectivity index (χ1n) is 5.85. The maximum atomic E-state index is 12.3. The molecule has 9 heteroatoms. The molecule has 1 fully saturated rings. The molecule has 1 unspecified atom stereocenters. The van der Waals surface area contributed by atoms with E-state index in [-0.39, 0.29) is 30.5 Å². The largest absolute Gasteiger partial charge is 0.394 e. The number of hydrogen-bond donors (Lipinski definition) is 1. The third-order valence-electron chi connectivity index (χ3n) is 2.92. The van der Waals surface area contributed by atoms with E-state index in [1.54, 1.807) is 0 Å². The van der Waals surface area contributed by atoms with Gasteiger partial charge in [-0.05, 0) is 6.07 Å². The summed E-state index contributed by atoms with van der Waals surface area (Å²) >= 11 is 5.68. The molecule has 0 saturated carbocycles. The van der Waals surface area contributed by atoms with Crippen LogP contribution in [0.4, 0.5) is 5.69 Å². The van der Waals surface area contributed by atoms with Gasteiger partial charge in [-0.3, -0.25) is 14.9 Å². The van der Waals surface area contributed by atoms with Gasteiger partial charge in [0.15, 0.2) is 0 Å². The summed E-state index contributed by atoms with van der Waals surface area (Å²) in [5.74, 6) is -0.525. The average molecular weight is 302 g/mol. The highest BCUT2D eigenvalue weighted by molar-refractivity contribution is 6.32. The van der Waals surface area contributed by atoms with Crippen LogP contribution in [-0.2, 0) is 4.74 Å². The molecule has 0 aliphatic carbocycles. The highest BCUT2D eigenvalue weighted by Gasteiger charge is 2.31. The summed E-state index contributed by atoms with van der Waals surface area (Å²) < 4.78 is 5.23. The fourth-order valence-corrected chi connectivity index (χ4v) is 2.19. The van der Waals surface area contributed by atoms with Crippen molar-refractivity contribution >= 4 is 23.2 Å². The van der Waals surface area contributed by atoms with E-state index in [2.05, 4.69) is 4.98 Å². The third kappa shape index (κ3) is 2.87. The fraction of sp³-hybridized carbons (Fsp3) is 0.455. The Morgan fingerprint density at radius 3 is 3.10 bits per heavy atom. The van der Waals surface area contributed by atoms with E-state index < -0.39 is 22.6 Å². The van der Waals surface area contributed by atoms with E-state index in [4.69, 9.17) is 21.4 Å². The summed E-state index contributed by atoms with van der Waals surface area (Å²) in [4.78, 5) is 27.6. The molecule has 1 amide bonds. The average Bonchev–Trinajstić information content (AvgIpc) is 2.45. The molecule has 20 heavy (non-hydrogen) atoms. The predicted octanol–water partition coefficient (Wildman–Crippen LogP) is 0.476. The van der Waals surface area contributed by atoms with Gasteiger partial charge in [0.25, 0.3) is 5.91 Å². The molecule has 2 rings (SSSR count). The molecule has 1 aliphatic heterocycles. The van der Waals surface area contributed by atoms with Crippen molar-refractivity contribution in [1.29, 1.82) is 0 Å². The van der Waals surface area contributed by atoms with Crippen molar-refractivity contribution in [3.05, 3.63) is 33.1 Å². The minimum absolute atomic E-state index is 0.117. The molecule has 0 bridgehead atoms. The van der Waals surface area contributed by atoms with E-state index in [0.717, 1.165) is 0 Å². The SMILES string of the molecule is O=C(c1ccnc(Cl)c1[N+](=O)[O-])N1CCOC(CO)C1. The van der Waals surface area contributed by atoms with E-state index in [9.17, 15) is 14.9 Å². The summed E-state index contributed by atoms with van der Waals surface area (Å²) in [5, 5.41) is 19.7. The second kappa shape index (κ2) is 6.12. The topological polar surface area (TPSA) is 106 Å². The normalized spacial score (nSPS) is 18.9. The standard InChI is InChI=1S/C11H12ClN3O5/c12-10-9(15(18)19)8(1-2-13-10)11(17)14-3-4-20-7(5-14)6-16/h1-2,7,16H,3-6H2. The van der Waals surface area contributed by atoms with Gasteiger partial charge in [0, 0.05) is 19.3 Å². The molecule has 1 atom stereocenters. The summed E-state index contributed by atoms with van der Waals surface area (Å²) in [6.45, 7) is 0.519. The van der Waals surface area contributed by atoms with Gasteiger partial charge in [0.05, 0.1) is 24.2 Å². The number of nitro groups is 1. The van der Waals surface area contributed by atoms with E-state index in [0.29, 0.717) is 6.54 Å². The molecule has 108 valence electrons. The zero-order valence-electron chi connectivity index (χ0n) is 10.4. The van der Waals surface area contributed by atoms with E-state index >= 15 is 0 Å². The lowest BCUT2D eigenvalue weighted by Crippen LogP contribution is -2.47. The molecular weight excluding hydrogens is 290 g/mol. The van der Waals surface area contributed by atoms with Crippen LogP contribution in [0.3, 0.4) is 0 Å². The number of amides is 1. The number of aliphatic hydroxyl groups is 1. The first-order valence-corrected chi connectivity index (χ1v) is 6.23. The van der Waals surface area contributed by atoms with Crippen LogP contribution in [0.5, 0.6) is 0 Å². The number of morpholine rings is 1. The van der Waals surface area contributed by atoms with Crippen LogP contribution in [-0.4, -0.2) is 58.2 Å². The molecule has 1 saturated heterocycles. The number of hydrogen-bond acceptors (Lipinski definition) is 6. The highest BCUT2D eigenvalue weighted by Crippen LogP contribution is 2.27. The van der Waals surface area contributed by atoms with Crippen LogP contribution in [0.1, 0.15) is 10.4 Å². The summed E-state index contributed by atoms with van der Waals surface area (Å²) in [5.41, 5.74) is -0.625. The van der Waals surface area contributed by atoms with Gasteiger partial charge in [0.1, 0.15) is 5.56 Å². The van der Waals surface area contributed by atoms with Gasteiger partial charge in [0.2, 0.25) is 5.15 Å².